The molecule has 9 nitrogen and oxygen atoms in total. The molecule has 0 radical (unpaired) electrons. The molecular weight excluding hydrogens is 368 g/mol. The number of non-ortho nitro benzene ring substituents is 1. The fourth-order valence-corrected chi connectivity index (χ4v) is 3.00. The molecule has 28 heavy (non-hydrogen) atoms. The molecule has 1 aliphatic heterocycles. The lowest BCUT2D eigenvalue weighted by molar-refractivity contribution is -0.384. The van der Waals surface area contributed by atoms with Gasteiger partial charge in [0.25, 0.3) is 5.69 Å². The molecule has 0 unspecified atom stereocenters. The predicted octanol–water partition coefficient (Wildman–Crippen LogP) is 2.85. The van der Waals surface area contributed by atoms with Crippen LogP contribution >= 0.6 is 0 Å². The van der Waals surface area contributed by atoms with Crippen LogP contribution in [0.2, 0.25) is 0 Å². The highest BCUT2D eigenvalue weighted by Crippen LogP contribution is 2.30. The van der Waals surface area contributed by atoms with E-state index in [2.05, 4.69) is 0 Å². The summed E-state index contributed by atoms with van der Waals surface area (Å²) in [5.41, 5.74) is -0.189. The molecule has 2 atom stereocenters. The molecule has 0 aliphatic carbocycles. The van der Waals surface area contributed by atoms with Gasteiger partial charge in [-0.15, -0.1) is 0 Å². The van der Waals surface area contributed by atoms with E-state index < -0.39 is 40.5 Å². The molecule has 9 heteroatoms. The smallest absolute Gasteiger partial charge is 0.417 e. The fraction of sp³-hybridized carbons (Fsp3) is 0.526. The zero-order valence-corrected chi connectivity index (χ0v) is 16.3. The maximum absolute atomic E-state index is 12.8. The van der Waals surface area contributed by atoms with E-state index in [0.717, 1.165) is 4.90 Å². The second kappa shape index (κ2) is 8.37. The number of nitro benzene ring substituents is 1. The maximum atomic E-state index is 12.8. The van der Waals surface area contributed by atoms with Gasteiger partial charge in [0.15, 0.2) is 0 Å². The van der Waals surface area contributed by atoms with Crippen LogP contribution in [0.15, 0.2) is 24.3 Å². The summed E-state index contributed by atoms with van der Waals surface area (Å²) in [6.45, 7) is 6.76. The highest BCUT2D eigenvalue weighted by molar-refractivity contribution is 6.00. The summed E-state index contributed by atoms with van der Waals surface area (Å²) in [6, 6.07) is 4.76. The second-order valence-corrected chi connectivity index (χ2v) is 7.52. The lowest BCUT2D eigenvalue weighted by Crippen LogP contribution is -2.46. The molecule has 152 valence electrons. The number of carbonyl (C=O) groups excluding carboxylic acids is 3. The molecule has 0 bridgehead atoms. The molecule has 1 aromatic rings. The number of imide groups is 1. The van der Waals surface area contributed by atoms with Crippen molar-refractivity contribution < 1.29 is 28.8 Å². The van der Waals surface area contributed by atoms with Crippen LogP contribution in [-0.4, -0.2) is 46.0 Å². The number of benzene rings is 1. The largest absolute Gasteiger partial charge is 0.464 e. The third kappa shape index (κ3) is 5.05. The summed E-state index contributed by atoms with van der Waals surface area (Å²) in [5.74, 6) is -1.82. The Morgan fingerprint density at radius 1 is 1.25 bits per heavy atom. The lowest BCUT2D eigenvalue weighted by atomic mass is 9.96. The molecule has 1 heterocycles. The molecular formula is C19H24N2O7. The first-order valence-electron chi connectivity index (χ1n) is 8.99. The Hall–Kier alpha value is -2.97. The minimum absolute atomic E-state index is 0.0544. The van der Waals surface area contributed by atoms with E-state index >= 15 is 0 Å². The van der Waals surface area contributed by atoms with Crippen LogP contribution in [0.25, 0.3) is 0 Å². The third-order valence-corrected chi connectivity index (χ3v) is 4.18. The first-order chi connectivity index (χ1) is 13.0. The Labute approximate surface area is 162 Å². The van der Waals surface area contributed by atoms with Crippen molar-refractivity contribution in [3.05, 3.63) is 39.9 Å². The van der Waals surface area contributed by atoms with Gasteiger partial charge < -0.3 is 9.47 Å². The minimum atomic E-state index is -1.05. The van der Waals surface area contributed by atoms with Gasteiger partial charge in [-0.1, -0.05) is 12.1 Å². The number of ether oxygens (including phenoxy) is 2. The van der Waals surface area contributed by atoms with Gasteiger partial charge in [0.05, 0.1) is 11.5 Å². The molecule has 0 aromatic heterocycles. The maximum Gasteiger partial charge on any atom is 0.417 e. The first kappa shape index (κ1) is 21.3. The molecule has 2 rings (SSSR count). The molecule has 1 fully saturated rings. The van der Waals surface area contributed by atoms with Gasteiger partial charge in [-0.05, 0) is 46.1 Å². The number of amides is 2. The van der Waals surface area contributed by atoms with Gasteiger partial charge in [0, 0.05) is 18.1 Å². The summed E-state index contributed by atoms with van der Waals surface area (Å²) in [6.07, 6.45) is -0.540. The standard InChI is InChI=1S/C19H24N2O7/c1-5-27-17(23)15-11-13(10-12-6-8-14(9-7-12)21(25)26)16(22)20(15)18(24)28-19(2,3)4/h6-9,13,15H,5,10-11H2,1-4H3/t13-,15+/m0/s1. The highest BCUT2D eigenvalue weighted by atomic mass is 16.6. The Balaban J connectivity index is 2.22. The molecule has 0 spiro atoms. The van der Waals surface area contributed by atoms with E-state index in [9.17, 15) is 24.5 Å². The van der Waals surface area contributed by atoms with Gasteiger partial charge in [0.2, 0.25) is 5.91 Å². The van der Waals surface area contributed by atoms with Crippen LogP contribution in [-0.2, 0) is 25.5 Å². The number of nitrogens with zero attached hydrogens (tertiary/aromatic N) is 2. The Morgan fingerprint density at radius 2 is 1.86 bits per heavy atom. The number of likely N-dealkylation sites (tertiary alicyclic amines) is 1. The van der Waals surface area contributed by atoms with Crippen molar-refractivity contribution in [1.82, 2.24) is 4.90 Å². The Bertz CT molecular complexity index is 767. The summed E-state index contributed by atoms with van der Waals surface area (Å²) in [7, 11) is 0. The van der Waals surface area contributed by atoms with Crippen LogP contribution in [0.5, 0.6) is 0 Å². The molecule has 1 saturated heterocycles. The van der Waals surface area contributed by atoms with Gasteiger partial charge in [-0.3, -0.25) is 14.9 Å². The molecule has 1 aliphatic rings. The normalized spacial score (nSPS) is 19.4. The highest BCUT2D eigenvalue weighted by Gasteiger charge is 2.48. The van der Waals surface area contributed by atoms with E-state index in [4.69, 9.17) is 9.47 Å². The minimum Gasteiger partial charge on any atom is -0.464 e. The number of nitro groups is 1. The second-order valence-electron chi connectivity index (χ2n) is 7.52. The molecule has 0 N–H and O–H groups in total. The van der Waals surface area contributed by atoms with Crippen molar-refractivity contribution in [2.24, 2.45) is 5.92 Å². The van der Waals surface area contributed by atoms with Crippen LogP contribution in [0.3, 0.4) is 0 Å². The van der Waals surface area contributed by atoms with Gasteiger partial charge in [-0.2, -0.15) is 0 Å². The van der Waals surface area contributed by atoms with E-state index in [1.807, 2.05) is 0 Å². The van der Waals surface area contributed by atoms with Crippen LogP contribution in [0, 0.1) is 16.0 Å². The molecule has 0 saturated carbocycles. The first-order valence-corrected chi connectivity index (χ1v) is 8.99. The molecule has 1 aromatic carbocycles. The van der Waals surface area contributed by atoms with E-state index in [1.54, 1.807) is 39.8 Å². The van der Waals surface area contributed by atoms with E-state index in [1.165, 1.54) is 12.1 Å². The van der Waals surface area contributed by atoms with Crippen molar-refractivity contribution >= 4 is 23.7 Å². The monoisotopic (exact) mass is 392 g/mol. The van der Waals surface area contributed by atoms with Crippen molar-refractivity contribution in [2.75, 3.05) is 6.61 Å². The van der Waals surface area contributed by atoms with Gasteiger partial charge in [-0.25, -0.2) is 14.5 Å². The fourth-order valence-electron chi connectivity index (χ4n) is 3.00. The quantitative estimate of drug-likeness (QED) is 0.430. The van der Waals surface area contributed by atoms with Crippen molar-refractivity contribution in [2.45, 2.75) is 52.2 Å². The van der Waals surface area contributed by atoms with Crippen LogP contribution in [0.1, 0.15) is 39.7 Å². The summed E-state index contributed by atoms with van der Waals surface area (Å²) < 4.78 is 10.3. The number of hydrogen-bond acceptors (Lipinski definition) is 7. The number of carbonyl (C=O) groups is 3. The van der Waals surface area contributed by atoms with E-state index in [0.29, 0.717) is 5.56 Å². The van der Waals surface area contributed by atoms with Crippen molar-refractivity contribution in [3.63, 3.8) is 0 Å². The third-order valence-electron chi connectivity index (χ3n) is 4.18. The van der Waals surface area contributed by atoms with Gasteiger partial charge in [0.1, 0.15) is 11.6 Å². The average molecular weight is 392 g/mol. The zero-order chi connectivity index (χ0) is 21.1. The lowest BCUT2D eigenvalue weighted by Gasteiger charge is -2.26. The Kier molecular flexibility index (Phi) is 6.37. The number of esters is 1. The topological polar surface area (TPSA) is 116 Å². The van der Waals surface area contributed by atoms with Crippen LogP contribution in [0.4, 0.5) is 10.5 Å². The predicted molar refractivity (Wildman–Crippen MR) is 98.4 cm³/mol. The zero-order valence-electron chi connectivity index (χ0n) is 16.3. The number of hydrogen-bond donors (Lipinski definition) is 0. The average Bonchev–Trinajstić information content (AvgIpc) is 2.91. The number of rotatable bonds is 5. The molecule has 2 amide bonds. The summed E-state index contributed by atoms with van der Waals surface area (Å²) in [5, 5.41) is 10.8. The summed E-state index contributed by atoms with van der Waals surface area (Å²) >= 11 is 0. The van der Waals surface area contributed by atoms with E-state index in [-0.39, 0.29) is 25.1 Å². The summed E-state index contributed by atoms with van der Waals surface area (Å²) in [4.78, 5) is 48.7. The van der Waals surface area contributed by atoms with Crippen LogP contribution < -0.4 is 0 Å². The van der Waals surface area contributed by atoms with Gasteiger partial charge >= 0.3 is 12.1 Å². The Morgan fingerprint density at radius 3 is 2.36 bits per heavy atom. The SMILES string of the molecule is CCOC(=O)[C@H]1C[C@H](Cc2ccc([N+](=O)[O-])cc2)C(=O)N1C(=O)OC(C)(C)C. The van der Waals surface area contributed by atoms with Crippen molar-refractivity contribution in [1.29, 1.82) is 0 Å². The van der Waals surface area contributed by atoms with Crippen molar-refractivity contribution in [3.8, 4) is 0 Å².